The van der Waals surface area contributed by atoms with E-state index in [1.807, 2.05) is 0 Å². The number of oxime groups is 2. The van der Waals surface area contributed by atoms with Gasteiger partial charge in [0.15, 0.2) is 0 Å². The van der Waals surface area contributed by atoms with Gasteiger partial charge in [0, 0.05) is 0 Å². The second kappa shape index (κ2) is 6.07. The molecule has 0 radical (unpaired) electrons. The van der Waals surface area contributed by atoms with Crippen LogP contribution >= 0.6 is 0 Å². The fourth-order valence-corrected chi connectivity index (χ4v) is 0.145. The van der Waals surface area contributed by atoms with Gasteiger partial charge in [-0.3, -0.25) is 0 Å². The Labute approximate surface area is 75.5 Å². The minimum absolute atomic E-state index is 0. The van der Waals surface area contributed by atoms with Crippen molar-refractivity contribution in [2.75, 3.05) is 0 Å². The van der Waals surface area contributed by atoms with E-state index in [1.165, 1.54) is 13.8 Å². The molecule has 0 aromatic carbocycles. The van der Waals surface area contributed by atoms with Crippen LogP contribution in [0.2, 0.25) is 0 Å². The molecule has 0 amide bonds. The smallest absolute Gasteiger partial charge is 0.411 e. The van der Waals surface area contributed by atoms with Crippen LogP contribution < -0.4 is 29.6 Å². The van der Waals surface area contributed by atoms with Crippen molar-refractivity contribution in [2.24, 2.45) is 10.3 Å². The minimum atomic E-state index is 0. The molecule has 0 aliphatic carbocycles. The SMILES string of the molecule is CC(=N/O)/C(C)=N\O.[Na+]. The van der Waals surface area contributed by atoms with Crippen molar-refractivity contribution in [3.63, 3.8) is 0 Å². The van der Waals surface area contributed by atoms with Crippen LogP contribution in [0.3, 0.4) is 0 Å². The summed E-state index contributed by atoms with van der Waals surface area (Å²) in [5, 5.41) is 21.6. The molecule has 2 N–H and O–H groups in total. The summed E-state index contributed by atoms with van der Waals surface area (Å²) < 4.78 is 0. The molecule has 0 saturated heterocycles. The van der Waals surface area contributed by atoms with E-state index in [4.69, 9.17) is 10.4 Å². The summed E-state index contributed by atoms with van der Waals surface area (Å²) in [4.78, 5) is 0. The van der Waals surface area contributed by atoms with E-state index in [0.717, 1.165) is 0 Å². The zero-order valence-electron chi connectivity index (χ0n) is 5.79. The van der Waals surface area contributed by atoms with Gasteiger partial charge in [-0.05, 0) is 13.8 Å². The molecule has 0 heterocycles. The molecule has 0 aromatic heterocycles. The Balaban J connectivity index is 0. The quantitative estimate of drug-likeness (QED) is 0.185. The van der Waals surface area contributed by atoms with Crippen LogP contribution in [0.25, 0.3) is 0 Å². The molecule has 0 aliphatic rings. The topological polar surface area (TPSA) is 65.2 Å². The Kier molecular flexibility index (Phi) is 7.89. The van der Waals surface area contributed by atoms with Gasteiger partial charge in [-0.15, -0.1) is 0 Å². The second-order valence-corrected chi connectivity index (χ2v) is 1.37. The standard InChI is InChI=1S/C4H8N2O2.Na/c1-3(5-7)4(2)6-8;/h7-8H,1-2H3;/q;+1/b5-3-,6-4-;. The zero-order valence-corrected chi connectivity index (χ0v) is 7.79. The number of hydrogen-bond donors (Lipinski definition) is 2. The van der Waals surface area contributed by atoms with Crippen molar-refractivity contribution >= 4 is 11.4 Å². The fraction of sp³-hybridized carbons (Fsp3) is 0.500. The van der Waals surface area contributed by atoms with Crippen molar-refractivity contribution in [1.29, 1.82) is 0 Å². The van der Waals surface area contributed by atoms with Gasteiger partial charge in [-0.25, -0.2) is 0 Å². The van der Waals surface area contributed by atoms with Gasteiger partial charge in [0.25, 0.3) is 0 Å². The summed E-state index contributed by atoms with van der Waals surface area (Å²) in [5.41, 5.74) is 0.625. The van der Waals surface area contributed by atoms with Crippen molar-refractivity contribution in [1.82, 2.24) is 0 Å². The molecular formula is C4H8N2NaO2+. The summed E-state index contributed by atoms with van der Waals surface area (Å²) in [5.74, 6) is 0. The zero-order chi connectivity index (χ0) is 6.57. The summed E-state index contributed by atoms with van der Waals surface area (Å²) in [6.45, 7) is 3.07. The summed E-state index contributed by atoms with van der Waals surface area (Å²) in [6, 6.07) is 0. The fourth-order valence-electron chi connectivity index (χ4n) is 0.145. The third kappa shape index (κ3) is 4.44. The first-order chi connectivity index (χ1) is 3.72. The van der Waals surface area contributed by atoms with Crippen LogP contribution in [0, 0.1) is 0 Å². The molecule has 0 fully saturated rings. The van der Waals surface area contributed by atoms with Gasteiger partial charge >= 0.3 is 29.6 Å². The Bertz CT molecular complexity index is 117. The normalized spacial score (nSPS) is 12.7. The van der Waals surface area contributed by atoms with Crippen molar-refractivity contribution in [3.05, 3.63) is 0 Å². The second-order valence-electron chi connectivity index (χ2n) is 1.37. The van der Waals surface area contributed by atoms with E-state index in [2.05, 4.69) is 10.3 Å². The first-order valence-electron chi connectivity index (χ1n) is 2.10. The Morgan fingerprint density at radius 3 is 1.33 bits per heavy atom. The molecule has 0 saturated carbocycles. The van der Waals surface area contributed by atoms with Gasteiger partial charge in [0.2, 0.25) is 0 Å². The molecule has 5 heteroatoms. The van der Waals surface area contributed by atoms with Crippen LogP contribution in [-0.2, 0) is 0 Å². The van der Waals surface area contributed by atoms with Gasteiger partial charge in [-0.1, -0.05) is 10.3 Å². The minimum Gasteiger partial charge on any atom is -0.411 e. The summed E-state index contributed by atoms with van der Waals surface area (Å²) in [6.07, 6.45) is 0. The molecular weight excluding hydrogens is 131 g/mol. The van der Waals surface area contributed by atoms with Gasteiger partial charge < -0.3 is 10.4 Å². The van der Waals surface area contributed by atoms with E-state index < -0.39 is 0 Å². The summed E-state index contributed by atoms with van der Waals surface area (Å²) in [7, 11) is 0. The van der Waals surface area contributed by atoms with Crippen LogP contribution in [0.1, 0.15) is 13.8 Å². The first kappa shape index (κ1) is 11.7. The van der Waals surface area contributed by atoms with Gasteiger partial charge in [0.05, 0.1) is 0 Å². The molecule has 9 heavy (non-hydrogen) atoms. The molecule has 46 valence electrons. The third-order valence-corrected chi connectivity index (χ3v) is 0.824. The Morgan fingerprint density at radius 1 is 1.00 bits per heavy atom. The average Bonchev–Trinajstić information content (AvgIpc) is 1.84. The van der Waals surface area contributed by atoms with E-state index in [9.17, 15) is 0 Å². The molecule has 0 unspecified atom stereocenters. The maximum Gasteiger partial charge on any atom is 1.00 e. The van der Waals surface area contributed by atoms with E-state index in [0.29, 0.717) is 11.4 Å². The predicted molar refractivity (Wildman–Crippen MR) is 29.8 cm³/mol. The number of nitrogens with zero attached hydrogens (tertiary/aromatic N) is 2. The van der Waals surface area contributed by atoms with Gasteiger partial charge in [-0.2, -0.15) is 0 Å². The molecule has 0 bridgehead atoms. The van der Waals surface area contributed by atoms with Gasteiger partial charge in [0.1, 0.15) is 11.4 Å². The van der Waals surface area contributed by atoms with Crippen LogP contribution in [0.5, 0.6) is 0 Å². The van der Waals surface area contributed by atoms with E-state index in [-0.39, 0.29) is 29.6 Å². The first-order valence-corrected chi connectivity index (χ1v) is 2.10. The molecule has 0 spiro atoms. The number of hydrogen-bond acceptors (Lipinski definition) is 4. The van der Waals surface area contributed by atoms with Crippen molar-refractivity contribution < 1.29 is 40.0 Å². The van der Waals surface area contributed by atoms with Crippen molar-refractivity contribution in [3.8, 4) is 0 Å². The van der Waals surface area contributed by atoms with Crippen LogP contribution in [0.4, 0.5) is 0 Å². The molecule has 0 rings (SSSR count). The maximum atomic E-state index is 8.03. The van der Waals surface area contributed by atoms with Crippen molar-refractivity contribution in [2.45, 2.75) is 13.8 Å². The van der Waals surface area contributed by atoms with Crippen LogP contribution in [0.15, 0.2) is 10.3 Å². The molecule has 0 aliphatic heterocycles. The third-order valence-electron chi connectivity index (χ3n) is 0.824. The Morgan fingerprint density at radius 2 is 1.22 bits per heavy atom. The summed E-state index contributed by atoms with van der Waals surface area (Å²) >= 11 is 0. The molecule has 0 aromatic rings. The van der Waals surface area contributed by atoms with E-state index in [1.54, 1.807) is 0 Å². The largest absolute Gasteiger partial charge is 1.00 e. The predicted octanol–water partition coefficient (Wildman–Crippen LogP) is -2.31. The number of rotatable bonds is 1. The van der Waals surface area contributed by atoms with Crippen LogP contribution in [-0.4, -0.2) is 21.8 Å². The monoisotopic (exact) mass is 139 g/mol. The average molecular weight is 139 g/mol. The Hall–Kier alpha value is -0.0600. The van der Waals surface area contributed by atoms with E-state index >= 15 is 0 Å². The maximum absolute atomic E-state index is 8.03. The molecule has 4 nitrogen and oxygen atoms in total. The molecule has 0 atom stereocenters.